The molecule has 3 aromatic heterocycles. The van der Waals surface area contributed by atoms with Crippen molar-refractivity contribution in [1.82, 2.24) is 29.7 Å². The Morgan fingerprint density at radius 3 is 2.83 bits per heavy atom. The standard InChI is InChI=1S/C21H29N7O2/c1-21(2,3)30-20(29)22-12-16-7-5-6-10-27(16)19-18-8-9-23-28(18)14-17(25-19)15-11-24-26(4)13-15/h8-9,11,13-14,16H,5-7,10,12H2,1-4H3,(H,22,29). The summed E-state index contributed by atoms with van der Waals surface area (Å²) in [6, 6.07) is 2.11. The average Bonchev–Trinajstić information content (AvgIpc) is 3.33. The maximum absolute atomic E-state index is 12.2. The molecule has 0 spiro atoms. The van der Waals surface area contributed by atoms with Crippen LogP contribution in [-0.4, -0.2) is 55.2 Å². The first-order valence-corrected chi connectivity index (χ1v) is 10.4. The molecule has 30 heavy (non-hydrogen) atoms. The van der Waals surface area contributed by atoms with E-state index >= 15 is 0 Å². The number of anilines is 1. The molecule has 4 heterocycles. The van der Waals surface area contributed by atoms with E-state index < -0.39 is 5.60 Å². The smallest absolute Gasteiger partial charge is 0.407 e. The topological polar surface area (TPSA) is 89.6 Å². The summed E-state index contributed by atoms with van der Waals surface area (Å²) in [6.45, 7) is 6.98. The van der Waals surface area contributed by atoms with E-state index in [9.17, 15) is 4.79 Å². The lowest BCUT2D eigenvalue weighted by atomic mass is 10.0. The predicted octanol–water partition coefficient (Wildman–Crippen LogP) is 3.01. The van der Waals surface area contributed by atoms with Crippen molar-refractivity contribution >= 4 is 17.4 Å². The van der Waals surface area contributed by atoms with Gasteiger partial charge in [-0.2, -0.15) is 10.2 Å². The Morgan fingerprint density at radius 2 is 2.10 bits per heavy atom. The molecule has 160 valence electrons. The van der Waals surface area contributed by atoms with Gasteiger partial charge in [-0.15, -0.1) is 0 Å². The lowest BCUT2D eigenvalue weighted by molar-refractivity contribution is 0.0523. The second-order valence-electron chi connectivity index (χ2n) is 8.74. The zero-order chi connectivity index (χ0) is 21.3. The lowest BCUT2D eigenvalue weighted by Crippen LogP contribution is -2.48. The molecule has 0 saturated carbocycles. The Labute approximate surface area is 176 Å². The number of nitrogens with one attached hydrogen (secondary N) is 1. The molecule has 9 heteroatoms. The van der Waals surface area contributed by atoms with Crippen LogP contribution in [-0.2, 0) is 11.8 Å². The van der Waals surface area contributed by atoms with Gasteiger partial charge in [-0.3, -0.25) is 4.68 Å². The van der Waals surface area contributed by atoms with E-state index in [4.69, 9.17) is 9.72 Å². The Kier molecular flexibility index (Phi) is 5.36. The Hall–Kier alpha value is -3.10. The zero-order valence-electron chi connectivity index (χ0n) is 18.0. The summed E-state index contributed by atoms with van der Waals surface area (Å²) < 4.78 is 9.02. The van der Waals surface area contributed by atoms with Gasteiger partial charge < -0.3 is 15.0 Å². The summed E-state index contributed by atoms with van der Waals surface area (Å²) in [5, 5.41) is 11.6. The van der Waals surface area contributed by atoms with Crippen molar-refractivity contribution in [3.05, 3.63) is 30.9 Å². The van der Waals surface area contributed by atoms with Gasteiger partial charge in [0.15, 0.2) is 5.82 Å². The number of carbonyl (C=O) groups is 1. The Bertz CT molecular complexity index is 1030. The van der Waals surface area contributed by atoms with Crippen LogP contribution >= 0.6 is 0 Å². The van der Waals surface area contributed by atoms with Gasteiger partial charge in [0.05, 0.1) is 24.3 Å². The third kappa shape index (κ3) is 4.39. The number of fused-ring (bicyclic) bond motifs is 1. The van der Waals surface area contributed by atoms with Crippen molar-refractivity contribution in [3.8, 4) is 11.3 Å². The Morgan fingerprint density at radius 1 is 1.27 bits per heavy atom. The fourth-order valence-electron chi connectivity index (χ4n) is 3.82. The van der Waals surface area contributed by atoms with Gasteiger partial charge in [0.25, 0.3) is 0 Å². The van der Waals surface area contributed by atoms with E-state index in [0.29, 0.717) is 6.54 Å². The van der Waals surface area contributed by atoms with Gasteiger partial charge in [-0.25, -0.2) is 14.3 Å². The normalized spacial score (nSPS) is 17.3. The van der Waals surface area contributed by atoms with Crippen LogP contribution in [0.1, 0.15) is 40.0 Å². The third-order valence-corrected chi connectivity index (χ3v) is 5.15. The van der Waals surface area contributed by atoms with Crippen molar-refractivity contribution in [1.29, 1.82) is 0 Å². The zero-order valence-corrected chi connectivity index (χ0v) is 18.0. The van der Waals surface area contributed by atoms with Crippen LogP contribution < -0.4 is 10.2 Å². The molecule has 1 fully saturated rings. The summed E-state index contributed by atoms with van der Waals surface area (Å²) in [5.74, 6) is 0.879. The number of piperidine rings is 1. The second kappa shape index (κ2) is 7.97. The molecule has 1 amide bonds. The highest BCUT2D eigenvalue weighted by molar-refractivity contribution is 5.73. The number of hydrogen-bond acceptors (Lipinski definition) is 6. The molecule has 1 saturated heterocycles. The van der Waals surface area contributed by atoms with Crippen LogP contribution in [0.4, 0.5) is 10.6 Å². The molecular weight excluding hydrogens is 382 g/mol. The van der Waals surface area contributed by atoms with Crippen molar-refractivity contribution in [3.63, 3.8) is 0 Å². The van der Waals surface area contributed by atoms with Crippen LogP contribution in [0.15, 0.2) is 30.9 Å². The van der Waals surface area contributed by atoms with Crippen LogP contribution in [0.5, 0.6) is 0 Å². The molecule has 1 aliphatic heterocycles. The number of rotatable bonds is 4. The van der Waals surface area contributed by atoms with E-state index in [-0.39, 0.29) is 12.1 Å². The highest BCUT2D eigenvalue weighted by atomic mass is 16.6. The molecular formula is C21H29N7O2. The van der Waals surface area contributed by atoms with Crippen molar-refractivity contribution in [2.24, 2.45) is 7.05 Å². The van der Waals surface area contributed by atoms with Gasteiger partial charge in [-0.05, 0) is 46.1 Å². The molecule has 0 aliphatic carbocycles. The number of nitrogens with zero attached hydrogens (tertiary/aromatic N) is 6. The largest absolute Gasteiger partial charge is 0.444 e. The number of aryl methyl sites for hydroxylation is 1. The molecule has 0 bridgehead atoms. The number of ether oxygens (including phenoxy) is 1. The van der Waals surface area contributed by atoms with Crippen molar-refractivity contribution in [2.75, 3.05) is 18.0 Å². The molecule has 1 aliphatic rings. The van der Waals surface area contributed by atoms with Gasteiger partial charge >= 0.3 is 6.09 Å². The summed E-state index contributed by atoms with van der Waals surface area (Å²) in [4.78, 5) is 19.4. The van der Waals surface area contributed by atoms with Crippen molar-refractivity contribution in [2.45, 2.75) is 51.7 Å². The molecule has 1 N–H and O–H groups in total. The van der Waals surface area contributed by atoms with Gasteiger partial charge in [-0.1, -0.05) is 0 Å². The number of alkyl carbamates (subject to hydrolysis) is 1. The maximum atomic E-state index is 12.2. The minimum absolute atomic E-state index is 0.140. The molecule has 1 atom stereocenters. The predicted molar refractivity (Wildman–Crippen MR) is 114 cm³/mol. The highest BCUT2D eigenvalue weighted by Crippen LogP contribution is 2.29. The number of carbonyl (C=O) groups excluding carboxylic acids is 1. The fraction of sp³-hybridized carbons (Fsp3) is 0.524. The van der Waals surface area contributed by atoms with Crippen LogP contribution in [0.3, 0.4) is 0 Å². The molecule has 3 aromatic rings. The van der Waals surface area contributed by atoms with Crippen LogP contribution in [0.25, 0.3) is 16.8 Å². The average molecular weight is 412 g/mol. The second-order valence-corrected chi connectivity index (χ2v) is 8.74. The first-order valence-electron chi connectivity index (χ1n) is 10.4. The molecule has 4 rings (SSSR count). The summed E-state index contributed by atoms with van der Waals surface area (Å²) in [5.41, 5.74) is 2.20. The van der Waals surface area contributed by atoms with Crippen LogP contribution in [0.2, 0.25) is 0 Å². The van der Waals surface area contributed by atoms with Gasteiger partial charge in [0.1, 0.15) is 11.1 Å². The minimum atomic E-state index is -0.514. The summed E-state index contributed by atoms with van der Waals surface area (Å²) in [7, 11) is 1.89. The third-order valence-electron chi connectivity index (χ3n) is 5.15. The minimum Gasteiger partial charge on any atom is -0.444 e. The number of aromatic nitrogens is 5. The summed E-state index contributed by atoms with van der Waals surface area (Å²) >= 11 is 0. The van der Waals surface area contributed by atoms with E-state index in [1.807, 2.05) is 50.8 Å². The molecule has 9 nitrogen and oxygen atoms in total. The first kappa shape index (κ1) is 20.2. The SMILES string of the molecule is Cn1cc(-c2cn3nccc3c(N3CCCCC3CNC(=O)OC(C)(C)C)n2)cn1. The van der Waals surface area contributed by atoms with Crippen LogP contribution in [0, 0.1) is 0 Å². The molecule has 0 aromatic carbocycles. The van der Waals surface area contributed by atoms with Crippen molar-refractivity contribution < 1.29 is 9.53 Å². The number of amides is 1. The maximum Gasteiger partial charge on any atom is 0.407 e. The fourth-order valence-corrected chi connectivity index (χ4v) is 3.82. The number of hydrogen-bond donors (Lipinski definition) is 1. The molecule has 1 unspecified atom stereocenters. The Balaban J connectivity index is 1.62. The van der Waals surface area contributed by atoms with E-state index in [1.165, 1.54) is 0 Å². The highest BCUT2D eigenvalue weighted by Gasteiger charge is 2.27. The lowest BCUT2D eigenvalue weighted by Gasteiger charge is -2.37. The van der Waals surface area contributed by atoms with E-state index in [0.717, 1.165) is 48.4 Å². The first-order chi connectivity index (χ1) is 14.3. The summed E-state index contributed by atoms with van der Waals surface area (Å²) in [6.07, 6.45) is 10.3. The quantitative estimate of drug-likeness (QED) is 0.710. The van der Waals surface area contributed by atoms with Gasteiger partial charge in [0.2, 0.25) is 0 Å². The van der Waals surface area contributed by atoms with E-state index in [1.54, 1.807) is 17.1 Å². The van der Waals surface area contributed by atoms with E-state index in [2.05, 4.69) is 20.4 Å². The monoisotopic (exact) mass is 411 g/mol. The van der Waals surface area contributed by atoms with Gasteiger partial charge in [0, 0.05) is 37.9 Å². The molecule has 0 radical (unpaired) electrons.